The van der Waals surface area contributed by atoms with E-state index in [4.69, 9.17) is 15.3 Å². The maximum Gasteiger partial charge on any atom is 0.328 e. The van der Waals surface area contributed by atoms with Gasteiger partial charge in [-0.2, -0.15) is 0 Å². The minimum atomic E-state index is -3.75. The van der Waals surface area contributed by atoms with Gasteiger partial charge in [-0.05, 0) is 55.2 Å². The van der Waals surface area contributed by atoms with Crippen LogP contribution in [0.1, 0.15) is 24.1 Å². The fourth-order valence-corrected chi connectivity index (χ4v) is 5.48. The van der Waals surface area contributed by atoms with E-state index >= 15 is 0 Å². The number of nitrogens with one attached hydrogen (secondary N) is 1. The summed E-state index contributed by atoms with van der Waals surface area (Å²) < 4.78 is 43.2. The first-order valence-corrected chi connectivity index (χ1v) is 12.7. The lowest BCUT2D eigenvalue weighted by atomic mass is 9.92. The Morgan fingerprint density at radius 2 is 1.62 bits per heavy atom. The minimum Gasteiger partial charge on any atom is -0.481 e. The molecule has 0 aliphatic heterocycles. The number of aromatic nitrogens is 1. The zero-order chi connectivity index (χ0) is 27.2. The summed E-state index contributed by atoms with van der Waals surface area (Å²) in [4.78, 5) is 30.2. The lowest BCUT2D eigenvalue weighted by molar-refractivity contribution is -0.137. The summed E-state index contributed by atoms with van der Waals surface area (Å²) in [5, 5.41) is 25.7. The molecule has 0 saturated heterocycles. The molecule has 1 aromatic heterocycles. The van der Waals surface area contributed by atoms with Gasteiger partial charge in [0.15, 0.2) is 0 Å². The zero-order valence-electron chi connectivity index (χ0n) is 19.5. The quantitative estimate of drug-likeness (QED) is 0.322. The lowest BCUT2D eigenvalue weighted by Crippen LogP contribution is -2.39. The summed E-state index contributed by atoms with van der Waals surface area (Å²) in [5.41, 5.74) is 3.11. The number of carboxylic acid groups (broad SMARTS) is 3. The van der Waals surface area contributed by atoms with Gasteiger partial charge in [0, 0.05) is 41.3 Å². The van der Waals surface area contributed by atoms with Crippen LogP contribution in [0.2, 0.25) is 0 Å². The van der Waals surface area contributed by atoms with Crippen LogP contribution >= 0.6 is 0 Å². The Balaban J connectivity index is 0.000000414. The number of rotatable bonds is 8. The molecule has 10 nitrogen and oxygen atoms in total. The molecule has 196 valence electrons. The fourth-order valence-electron chi connectivity index (χ4n) is 4.21. The van der Waals surface area contributed by atoms with E-state index in [-0.39, 0.29) is 17.4 Å². The van der Waals surface area contributed by atoms with Gasteiger partial charge in [-0.3, -0.25) is 4.79 Å². The van der Waals surface area contributed by atoms with E-state index in [9.17, 15) is 27.2 Å². The Morgan fingerprint density at radius 3 is 2.22 bits per heavy atom. The second kappa shape index (κ2) is 11.8. The summed E-state index contributed by atoms with van der Waals surface area (Å²) in [5.74, 6) is -3.85. The number of benzene rings is 2. The molecule has 0 fully saturated rings. The van der Waals surface area contributed by atoms with Crippen LogP contribution in [0, 0.1) is 5.82 Å². The third-order valence-electron chi connectivity index (χ3n) is 5.74. The standard InChI is InChI=1S/C21H21FN2O4S.C4H4O4/c22-14-5-8-16(9-6-14)29(27,28)23-15-7-10-20-18(13-15)17-3-1-2-4-19(17)24(20)12-11-21(25)26;5-3(6)1-2-4(7)8/h1-6,8-9,15,23H,7,10-13H2,(H,25,26);1-2H,(H,5,6)(H,7,8)/b;2-1-/t15-;/m1./s1. The molecule has 0 unspecified atom stereocenters. The van der Waals surface area contributed by atoms with Crippen molar-refractivity contribution in [2.75, 3.05) is 0 Å². The molecule has 0 radical (unpaired) electrons. The number of nitrogens with zero attached hydrogens (tertiary/aromatic N) is 1. The van der Waals surface area contributed by atoms with Crippen molar-refractivity contribution in [3.8, 4) is 0 Å². The van der Waals surface area contributed by atoms with Crippen molar-refractivity contribution in [3.05, 3.63) is 77.8 Å². The third kappa shape index (κ3) is 7.24. The van der Waals surface area contributed by atoms with Crippen LogP contribution in [0.15, 0.2) is 65.6 Å². The number of para-hydroxylation sites is 1. The molecule has 3 aromatic rings. The Bertz CT molecular complexity index is 1430. The Kier molecular flexibility index (Phi) is 8.79. The molecule has 1 aliphatic rings. The highest BCUT2D eigenvalue weighted by Gasteiger charge is 2.28. The second-order valence-corrected chi connectivity index (χ2v) is 9.98. The number of fused-ring (bicyclic) bond motifs is 3. The van der Waals surface area contributed by atoms with Gasteiger partial charge in [0.05, 0.1) is 11.3 Å². The predicted molar refractivity (Wildman–Crippen MR) is 131 cm³/mol. The summed E-state index contributed by atoms with van der Waals surface area (Å²) in [6.45, 7) is 0.386. The SMILES string of the molecule is O=C(O)/C=C\C(=O)O.O=C(O)CCn1c2c(c3ccccc31)C[C@H](NS(=O)(=O)c1ccc(F)cc1)CC2. The largest absolute Gasteiger partial charge is 0.481 e. The monoisotopic (exact) mass is 532 g/mol. The molecule has 0 amide bonds. The number of aryl methyl sites for hydroxylation is 1. The normalized spacial score (nSPS) is 15.1. The van der Waals surface area contributed by atoms with Crippen LogP contribution < -0.4 is 4.72 Å². The van der Waals surface area contributed by atoms with Gasteiger partial charge in [0.2, 0.25) is 10.0 Å². The number of carbonyl (C=O) groups is 3. The molecule has 37 heavy (non-hydrogen) atoms. The highest BCUT2D eigenvalue weighted by molar-refractivity contribution is 7.89. The van der Waals surface area contributed by atoms with E-state index in [0.29, 0.717) is 38.0 Å². The van der Waals surface area contributed by atoms with Crippen LogP contribution in [0.3, 0.4) is 0 Å². The van der Waals surface area contributed by atoms with Gasteiger partial charge in [0.1, 0.15) is 5.82 Å². The lowest BCUT2D eigenvalue weighted by Gasteiger charge is -2.25. The van der Waals surface area contributed by atoms with E-state index in [2.05, 4.69) is 4.72 Å². The number of hydrogen-bond donors (Lipinski definition) is 4. The first-order valence-electron chi connectivity index (χ1n) is 11.2. The van der Waals surface area contributed by atoms with Gasteiger partial charge in [0.25, 0.3) is 0 Å². The first kappa shape index (κ1) is 27.6. The molecule has 4 rings (SSSR count). The highest BCUT2D eigenvalue weighted by Crippen LogP contribution is 2.33. The average Bonchev–Trinajstić information content (AvgIpc) is 3.15. The Hall–Kier alpha value is -4.03. The van der Waals surface area contributed by atoms with Crippen LogP contribution in [0.4, 0.5) is 4.39 Å². The van der Waals surface area contributed by atoms with Crippen molar-refractivity contribution in [2.24, 2.45) is 0 Å². The summed E-state index contributed by atoms with van der Waals surface area (Å²) in [6, 6.07) is 12.3. The summed E-state index contributed by atoms with van der Waals surface area (Å²) in [6.07, 6.45) is 2.93. The molecule has 0 bridgehead atoms. The van der Waals surface area contributed by atoms with E-state index in [1.807, 2.05) is 28.8 Å². The van der Waals surface area contributed by atoms with Crippen molar-refractivity contribution in [3.63, 3.8) is 0 Å². The van der Waals surface area contributed by atoms with Crippen LogP contribution in [-0.4, -0.2) is 52.3 Å². The zero-order valence-corrected chi connectivity index (χ0v) is 20.3. The van der Waals surface area contributed by atoms with Crippen molar-refractivity contribution in [2.45, 2.75) is 43.2 Å². The highest BCUT2D eigenvalue weighted by atomic mass is 32.2. The average molecular weight is 533 g/mol. The van der Waals surface area contributed by atoms with Crippen molar-refractivity contribution in [1.82, 2.24) is 9.29 Å². The third-order valence-corrected chi connectivity index (χ3v) is 7.27. The Morgan fingerprint density at radius 1 is 1.00 bits per heavy atom. The van der Waals surface area contributed by atoms with Crippen LogP contribution in [-0.2, 0) is 43.8 Å². The smallest absolute Gasteiger partial charge is 0.328 e. The van der Waals surface area contributed by atoms with Crippen molar-refractivity contribution < 1.29 is 42.5 Å². The number of aliphatic carboxylic acids is 3. The molecule has 0 spiro atoms. The van der Waals surface area contributed by atoms with E-state index in [0.717, 1.165) is 34.3 Å². The van der Waals surface area contributed by atoms with E-state index in [1.54, 1.807) is 0 Å². The van der Waals surface area contributed by atoms with Crippen molar-refractivity contribution in [1.29, 1.82) is 0 Å². The summed E-state index contributed by atoms with van der Waals surface area (Å²) in [7, 11) is -3.75. The molecule has 1 aliphatic carbocycles. The van der Waals surface area contributed by atoms with Gasteiger partial charge in [-0.1, -0.05) is 18.2 Å². The molecular formula is C25H25FN2O8S. The van der Waals surface area contributed by atoms with Crippen LogP contribution in [0.5, 0.6) is 0 Å². The number of hydrogen-bond acceptors (Lipinski definition) is 5. The van der Waals surface area contributed by atoms with Gasteiger partial charge in [-0.25, -0.2) is 27.1 Å². The topological polar surface area (TPSA) is 163 Å². The van der Waals surface area contributed by atoms with Crippen LogP contribution in [0.25, 0.3) is 10.9 Å². The molecule has 12 heteroatoms. The fraction of sp³-hybridized carbons (Fsp3) is 0.240. The second-order valence-electron chi connectivity index (χ2n) is 8.26. The molecule has 0 saturated carbocycles. The van der Waals surface area contributed by atoms with Crippen molar-refractivity contribution >= 4 is 38.8 Å². The molecule has 2 aromatic carbocycles. The minimum absolute atomic E-state index is 0.0335. The predicted octanol–water partition coefficient (Wildman–Crippen LogP) is 2.80. The van der Waals surface area contributed by atoms with E-state index in [1.165, 1.54) is 12.1 Å². The van der Waals surface area contributed by atoms with Gasteiger partial charge in [-0.15, -0.1) is 0 Å². The number of carboxylic acids is 3. The first-order chi connectivity index (χ1) is 17.5. The van der Waals surface area contributed by atoms with Gasteiger partial charge < -0.3 is 19.9 Å². The number of sulfonamides is 1. The maximum absolute atomic E-state index is 13.1. The van der Waals surface area contributed by atoms with E-state index < -0.39 is 33.7 Å². The molecule has 1 atom stereocenters. The molecule has 4 N–H and O–H groups in total. The molecule has 1 heterocycles. The molecular weight excluding hydrogens is 507 g/mol. The summed E-state index contributed by atoms with van der Waals surface area (Å²) >= 11 is 0. The Labute approximate surface area is 211 Å². The maximum atomic E-state index is 13.1. The number of halogens is 1. The van der Waals surface area contributed by atoms with Gasteiger partial charge >= 0.3 is 17.9 Å².